The lowest BCUT2D eigenvalue weighted by atomic mass is 9.95. The van der Waals surface area contributed by atoms with E-state index in [1.165, 1.54) is 19.3 Å². The maximum Gasteiger partial charge on any atom is 0.237 e. The lowest BCUT2D eigenvalue weighted by Gasteiger charge is -2.28. The minimum Gasteiger partial charge on any atom is -0.379 e. The monoisotopic (exact) mass is 283 g/mol. The highest BCUT2D eigenvalue weighted by atomic mass is 16.5. The molecule has 1 saturated heterocycles. The Morgan fingerprint density at radius 2 is 1.95 bits per heavy atom. The molecule has 0 radical (unpaired) electrons. The molecular formula is C15H29N3O2. The van der Waals surface area contributed by atoms with Crippen molar-refractivity contribution in [1.82, 2.24) is 15.5 Å². The maximum atomic E-state index is 12.1. The number of hydrogen-bond donors (Lipinski definition) is 2. The number of nitrogens with zero attached hydrogens (tertiary/aromatic N) is 1. The van der Waals surface area contributed by atoms with Crippen LogP contribution >= 0.6 is 0 Å². The summed E-state index contributed by atoms with van der Waals surface area (Å²) in [5, 5.41) is 6.50. The van der Waals surface area contributed by atoms with Crippen molar-refractivity contribution < 1.29 is 9.53 Å². The first-order valence-corrected chi connectivity index (χ1v) is 8.09. The van der Waals surface area contributed by atoms with Gasteiger partial charge in [-0.3, -0.25) is 9.69 Å². The fraction of sp³-hybridized carbons (Fsp3) is 0.933. The molecule has 1 aliphatic heterocycles. The van der Waals surface area contributed by atoms with E-state index in [0.717, 1.165) is 52.2 Å². The zero-order valence-electron chi connectivity index (χ0n) is 12.7. The van der Waals surface area contributed by atoms with Crippen LogP contribution in [0.25, 0.3) is 0 Å². The second-order valence-electron chi connectivity index (χ2n) is 5.97. The lowest BCUT2D eigenvalue weighted by Crippen LogP contribution is -2.49. The third-order valence-electron chi connectivity index (χ3n) is 4.33. The molecule has 1 aliphatic carbocycles. The van der Waals surface area contributed by atoms with Crippen LogP contribution in [0.2, 0.25) is 0 Å². The van der Waals surface area contributed by atoms with Crippen molar-refractivity contribution in [2.45, 2.75) is 51.1 Å². The van der Waals surface area contributed by atoms with Crippen molar-refractivity contribution in [1.29, 1.82) is 0 Å². The quantitative estimate of drug-likeness (QED) is 0.755. The van der Waals surface area contributed by atoms with Crippen molar-refractivity contribution in [2.24, 2.45) is 0 Å². The number of amides is 1. The number of carbonyl (C=O) groups is 1. The summed E-state index contributed by atoms with van der Waals surface area (Å²) in [6, 6.07) is 0.303. The van der Waals surface area contributed by atoms with Crippen molar-refractivity contribution in [3.8, 4) is 0 Å². The summed E-state index contributed by atoms with van der Waals surface area (Å²) in [7, 11) is 0. The van der Waals surface area contributed by atoms with Crippen molar-refractivity contribution in [3.05, 3.63) is 0 Å². The second kappa shape index (κ2) is 8.60. The van der Waals surface area contributed by atoms with Gasteiger partial charge in [0.2, 0.25) is 5.91 Å². The molecule has 0 aromatic carbocycles. The molecule has 2 N–H and O–H groups in total. The van der Waals surface area contributed by atoms with Gasteiger partial charge >= 0.3 is 0 Å². The fourth-order valence-corrected chi connectivity index (χ4v) is 2.93. The molecule has 2 rings (SSSR count). The molecule has 1 atom stereocenters. The van der Waals surface area contributed by atoms with E-state index in [0.29, 0.717) is 6.04 Å². The maximum absolute atomic E-state index is 12.1. The zero-order valence-corrected chi connectivity index (χ0v) is 12.7. The Balaban J connectivity index is 1.58. The van der Waals surface area contributed by atoms with Gasteiger partial charge < -0.3 is 15.4 Å². The number of ether oxygens (including phenoxy) is 1. The minimum atomic E-state index is -0.0991. The van der Waals surface area contributed by atoms with Crippen LogP contribution in [0.3, 0.4) is 0 Å². The molecule has 1 amide bonds. The summed E-state index contributed by atoms with van der Waals surface area (Å²) in [5.74, 6) is 0.152. The third-order valence-corrected chi connectivity index (χ3v) is 4.33. The SMILES string of the molecule is C[C@@H](NCCN1CCOCC1)C(=O)NC1CCCCC1. The Labute approximate surface area is 122 Å². The molecule has 0 aromatic heterocycles. The number of rotatable bonds is 6. The average Bonchev–Trinajstić information content (AvgIpc) is 2.49. The van der Waals surface area contributed by atoms with Crippen LogP contribution < -0.4 is 10.6 Å². The standard InChI is InChI=1S/C15H29N3O2/c1-13(15(19)17-14-5-3-2-4-6-14)16-7-8-18-9-11-20-12-10-18/h13-14,16H,2-12H2,1H3,(H,17,19)/t13-/m1/s1. The van der Waals surface area contributed by atoms with Gasteiger partial charge in [0.25, 0.3) is 0 Å². The fourth-order valence-electron chi connectivity index (χ4n) is 2.93. The van der Waals surface area contributed by atoms with Crippen LogP contribution in [0, 0.1) is 0 Å². The normalized spacial score (nSPS) is 23.4. The lowest BCUT2D eigenvalue weighted by molar-refractivity contribution is -0.123. The molecule has 20 heavy (non-hydrogen) atoms. The smallest absolute Gasteiger partial charge is 0.237 e. The van der Waals surface area contributed by atoms with Gasteiger partial charge in [-0.05, 0) is 19.8 Å². The van der Waals surface area contributed by atoms with Crippen LogP contribution in [0.5, 0.6) is 0 Å². The number of nitrogens with one attached hydrogen (secondary N) is 2. The summed E-state index contributed by atoms with van der Waals surface area (Å²) < 4.78 is 5.32. The largest absolute Gasteiger partial charge is 0.379 e. The van der Waals surface area contributed by atoms with E-state index in [1.807, 2.05) is 6.92 Å². The molecule has 5 heteroatoms. The Kier molecular flexibility index (Phi) is 6.76. The van der Waals surface area contributed by atoms with E-state index in [4.69, 9.17) is 4.74 Å². The van der Waals surface area contributed by atoms with E-state index >= 15 is 0 Å². The molecule has 116 valence electrons. The van der Waals surface area contributed by atoms with Gasteiger partial charge in [-0.1, -0.05) is 19.3 Å². The highest BCUT2D eigenvalue weighted by molar-refractivity contribution is 5.81. The van der Waals surface area contributed by atoms with E-state index in [1.54, 1.807) is 0 Å². The minimum absolute atomic E-state index is 0.0991. The summed E-state index contributed by atoms with van der Waals surface area (Å²) in [4.78, 5) is 14.5. The highest BCUT2D eigenvalue weighted by Crippen LogP contribution is 2.17. The summed E-state index contributed by atoms with van der Waals surface area (Å²) >= 11 is 0. The van der Waals surface area contributed by atoms with Gasteiger partial charge in [-0.25, -0.2) is 0 Å². The van der Waals surface area contributed by atoms with E-state index < -0.39 is 0 Å². The topological polar surface area (TPSA) is 53.6 Å². The molecule has 0 unspecified atom stereocenters. The third kappa shape index (κ3) is 5.38. The van der Waals surface area contributed by atoms with Crippen LogP contribution in [-0.4, -0.2) is 62.3 Å². The van der Waals surface area contributed by atoms with Gasteiger partial charge in [0.1, 0.15) is 0 Å². The van der Waals surface area contributed by atoms with E-state index in [-0.39, 0.29) is 11.9 Å². The molecule has 2 fully saturated rings. The Bertz CT molecular complexity index is 287. The first-order chi connectivity index (χ1) is 9.75. The van der Waals surface area contributed by atoms with E-state index in [9.17, 15) is 4.79 Å². The summed E-state index contributed by atoms with van der Waals surface area (Å²) in [6.07, 6.45) is 6.12. The van der Waals surface area contributed by atoms with Crippen molar-refractivity contribution in [2.75, 3.05) is 39.4 Å². The predicted molar refractivity (Wildman–Crippen MR) is 79.7 cm³/mol. The number of morpholine rings is 1. The predicted octanol–water partition coefficient (Wildman–Crippen LogP) is 0.746. The van der Waals surface area contributed by atoms with Gasteiger partial charge in [0, 0.05) is 32.2 Å². The van der Waals surface area contributed by atoms with Gasteiger partial charge in [0.15, 0.2) is 0 Å². The van der Waals surface area contributed by atoms with Gasteiger partial charge in [-0.15, -0.1) is 0 Å². The van der Waals surface area contributed by atoms with Crippen LogP contribution in [-0.2, 0) is 9.53 Å². The molecule has 0 aromatic rings. The number of carbonyl (C=O) groups excluding carboxylic acids is 1. The van der Waals surface area contributed by atoms with Crippen molar-refractivity contribution in [3.63, 3.8) is 0 Å². The Morgan fingerprint density at radius 3 is 2.65 bits per heavy atom. The second-order valence-corrected chi connectivity index (χ2v) is 5.97. The van der Waals surface area contributed by atoms with Crippen LogP contribution in [0.1, 0.15) is 39.0 Å². The Morgan fingerprint density at radius 1 is 1.25 bits per heavy atom. The molecule has 1 saturated carbocycles. The van der Waals surface area contributed by atoms with Crippen LogP contribution in [0.15, 0.2) is 0 Å². The molecular weight excluding hydrogens is 254 g/mol. The highest BCUT2D eigenvalue weighted by Gasteiger charge is 2.19. The molecule has 2 aliphatic rings. The van der Waals surface area contributed by atoms with Gasteiger partial charge in [-0.2, -0.15) is 0 Å². The summed E-state index contributed by atoms with van der Waals surface area (Å²) in [6.45, 7) is 7.48. The van der Waals surface area contributed by atoms with Crippen molar-refractivity contribution >= 4 is 5.91 Å². The molecule has 1 heterocycles. The van der Waals surface area contributed by atoms with E-state index in [2.05, 4.69) is 15.5 Å². The average molecular weight is 283 g/mol. The Hall–Kier alpha value is -0.650. The number of hydrogen-bond acceptors (Lipinski definition) is 4. The first kappa shape index (κ1) is 15.7. The molecule has 0 bridgehead atoms. The molecule has 5 nitrogen and oxygen atoms in total. The summed E-state index contributed by atoms with van der Waals surface area (Å²) in [5.41, 5.74) is 0. The zero-order chi connectivity index (χ0) is 14.2. The first-order valence-electron chi connectivity index (χ1n) is 8.09. The molecule has 0 spiro atoms. The van der Waals surface area contributed by atoms with Crippen LogP contribution in [0.4, 0.5) is 0 Å². The van der Waals surface area contributed by atoms with Gasteiger partial charge in [0.05, 0.1) is 19.3 Å².